The molecule has 110 valence electrons. The zero-order chi connectivity index (χ0) is 14.2. The average molecular weight is 278 g/mol. The van der Waals surface area contributed by atoms with Gasteiger partial charge in [-0.1, -0.05) is 6.07 Å². The van der Waals surface area contributed by atoms with E-state index in [1.54, 1.807) is 18.3 Å². The lowest BCUT2D eigenvalue weighted by Gasteiger charge is -2.27. The minimum absolute atomic E-state index is 0.0906. The van der Waals surface area contributed by atoms with E-state index < -0.39 is 0 Å². The number of aromatic nitrogens is 1. The van der Waals surface area contributed by atoms with Gasteiger partial charge in [-0.2, -0.15) is 0 Å². The molecule has 1 aromatic heterocycles. The second-order valence-corrected chi connectivity index (χ2v) is 4.96. The van der Waals surface area contributed by atoms with Gasteiger partial charge >= 0.3 is 0 Å². The molecule has 1 aliphatic rings. The van der Waals surface area contributed by atoms with Crippen LogP contribution in [0.25, 0.3) is 0 Å². The summed E-state index contributed by atoms with van der Waals surface area (Å²) in [5.41, 5.74) is -0.150. The molecule has 2 N–H and O–H groups in total. The van der Waals surface area contributed by atoms with E-state index in [4.69, 9.17) is 0 Å². The molecule has 2 rings (SSSR count). The van der Waals surface area contributed by atoms with Crippen molar-refractivity contribution in [3.63, 3.8) is 0 Å². The first-order valence-electron chi connectivity index (χ1n) is 7.11. The molecule has 0 aromatic carbocycles. The first kappa shape index (κ1) is 14.7. The number of hydrogen-bond acceptors (Lipinski definition) is 4. The van der Waals surface area contributed by atoms with E-state index in [1.165, 1.54) is 10.6 Å². The Labute approximate surface area is 118 Å². The maximum absolute atomic E-state index is 11.7. The van der Waals surface area contributed by atoms with Crippen molar-refractivity contribution in [2.24, 2.45) is 0 Å². The normalized spacial score (nSPS) is 16.0. The van der Waals surface area contributed by atoms with Crippen LogP contribution in [0.2, 0.25) is 0 Å². The van der Waals surface area contributed by atoms with E-state index in [1.807, 2.05) is 0 Å². The Bertz CT molecular complexity index is 480. The Morgan fingerprint density at radius 3 is 2.85 bits per heavy atom. The molecule has 1 fully saturated rings. The number of nitrogens with one attached hydrogen (secondary N) is 2. The van der Waals surface area contributed by atoms with Crippen molar-refractivity contribution in [2.45, 2.75) is 13.0 Å². The van der Waals surface area contributed by atoms with Crippen LogP contribution in [0, 0.1) is 0 Å². The molecular formula is C14H22N4O2. The lowest BCUT2D eigenvalue weighted by molar-refractivity contribution is -0.121. The Hall–Kier alpha value is -1.66. The molecule has 6 heteroatoms. The van der Waals surface area contributed by atoms with Crippen LogP contribution >= 0.6 is 0 Å². The second-order valence-electron chi connectivity index (χ2n) is 4.96. The molecule has 0 atom stereocenters. The van der Waals surface area contributed by atoms with Gasteiger partial charge in [0.05, 0.1) is 0 Å². The number of amides is 1. The fourth-order valence-corrected chi connectivity index (χ4v) is 2.27. The number of rotatable bonds is 6. The van der Waals surface area contributed by atoms with Crippen LogP contribution < -0.4 is 16.2 Å². The highest BCUT2D eigenvalue weighted by molar-refractivity contribution is 5.75. The van der Waals surface area contributed by atoms with Crippen LogP contribution in [0.4, 0.5) is 0 Å². The van der Waals surface area contributed by atoms with Gasteiger partial charge in [0, 0.05) is 45.0 Å². The SMILES string of the molecule is O=C(Cn1ccccc1=O)NCCCN1CCNCC1. The molecular weight excluding hydrogens is 256 g/mol. The first-order chi connectivity index (χ1) is 9.75. The molecule has 0 radical (unpaired) electrons. The maximum atomic E-state index is 11.7. The Morgan fingerprint density at radius 2 is 2.10 bits per heavy atom. The summed E-state index contributed by atoms with van der Waals surface area (Å²) in [6.07, 6.45) is 2.57. The number of carbonyl (C=O) groups is 1. The van der Waals surface area contributed by atoms with Crippen molar-refractivity contribution in [3.8, 4) is 0 Å². The maximum Gasteiger partial charge on any atom is 0.250 e. The molecule has 0 spiro atoms. The summed E-state index contributed by atoms with van der Waals surface area (Å²) in [6.45, 7) is 6.00. The number of hydrogen-bond donors (Lipinski definition) is 2. The summed E-state index contributed by atoms with van der Waals surface area (Å²) in [4.78, 5) is 25.6. The van der Waals surface area contributed by atoms with Crippen molar-refractivity contribution < 1.29 is 4.79 Å². The third-order valence-corrected chi connectivity index (χ3v) is 3.40. The summed E-state index contributed by atoms with van der Waals surface area (Å²) < 4.78 is 1.41. The molecule has 1 saturated heterocycles. The first-order valence-corrected chi connectivity index (χ1v) is 7.11. The van der Waals surface area contributed by atoms with Crippen LogP contribution in [-0.4, -0.2) is 54.6 Å². The van der Waals surface area contributed by atoms with Gasteiger partial charge in [0.1, 0.15) is 6.54 Å². The van der Waals surface area contributed by atoms with Crippen molar-refractivity contribution in [1.29, 1.82) is 0 Å². The highest BCUT2D eigenvalue weighted by Crippen LogP contribution is 1.93. The molecule has 1 amide bonds. The summed E-state index contributed by atoms with van der Waals surface area (Å²) >= 11 is 0. The summed E-state index contributed by atoms with van der Waals surface area (Å²) in [7, 11) is 0. The average Bonchev–Trinajstić information content (AvgIpc) is 2.47. The van der Waals surface area contributed by atoms with Crippen LogP contribution in [0.5, 0.6) is 0 Å². The van der Waals surface area contributed by atoms with E-state index in [2.05, 4.69) is 15.5 Å². The van der Waals surface area contributed by atoms with Crippen molar-refractivity contribution in [3.05, 3.63) is 34.7 Å². The molecule has 0 bridgehead atoms. The zero-order valence-corrected chi connectivity index (χ0v) is 11.7. The largest absolute Gasteiger partial charge is 0.355 e. The summed E-state index contributed by atoms with van der Waals surface area (Å²) in [5.74, 6) is -0.112. The molecule has 1 aliphatic heterocycles. The molecule has 0 unspecified atom stereocenters. The monoisotopic (exact) mass is 278 g/mol. The predicted molar refractivity (Wildman–Crippen MR) is 77.6 cm³/mol. The zero-order valence-electron chi connectivity index (χ0n) is 11.7. The lowest BCUT2D eigenvalue weighted by Crippen LogP contribution is -2.44. The number of carbonyl (C=O) groups excluding carboxylic acids is 1. The van der Waals surface area contributed by atoms with Gasteiger partial charge in [-0.25, -0.2) is 0 Å². The summed E-state index contributed by atoms with van der Waals surface area (Å²) in [6, 6.07) is 4.88. The fourth-order valence-electron chi connectivity index (χ4n) is 2.27. The van der Waals surface area contributed by atoms with Gasteiger partial charge in [-0.05, 0) is 19.0 Å². The van der Waals surface area contributed by atoms with E-state index in [9.17, 15) is 9.59 Å². The smallest absolute Gasteiger partial charge is 0.250 e. The highest BCUT2D eigenvalue weighted by atomic mass is 16.2. The van der Waals surface area contributed by atoms with E-state index in [0.29, 0.717) is 6.54 Å². The molecule has 0 saturated carbocycles. The minimum atomic E-state index is -0.150. The van der Waals surface area contributed by atoms with Crippen LogP contribution in [-0.2, 0) is 11.3 Å². The van der Waals surface area contributed by atoms with Gasteiger partial charge in [0.15, 0.2) is 0 Å². The molecule has 1 aromatic rings. The van der Waals surface area contributed by atoms with E-state index >= 15 is 0 Å². The van der Waals surface area contributed by atoms with Crippen LogP contribution in [0.3, 0.4) is 0 Å². The van der Waals surface area contributed by atoms with Crippen molar-refractivity contribution >= 4 is 5.91 Å². The van der Waals surface area contributed by atoms with Gasteiger partial charge in [0.25, 0.3) is 5.56 Å². The van der Waals surface area contributed by atoms with E-state index in [-0.39, 0.29) is 18.0 Å². The number of piperazine rings is 1. The molecule has 6 nitrogen and oxygen atoms in total. The van der Waals surface area contributed by atoms with Gasteiger partial charge < -0.3 is 20.1 Å². The van der Waals surface area contributed by atoms with Crippen molar-refractivity contribution in [1.82, 2.24) is 20.1 Å². The predicted octanol–water partition coefficient (Wildman–Crippen LogP) is -0.740. The van der Waals surface area contributed by atoms with E-state index in [0.717, 1.165) is 39.1 Å². The third kappa shape index (κ3) is 4.79. The van der Waals surface area contributed by atoms with Crippen LogP contribution in [0.1, 0.15) is 6.42 Å². The lowest BCUT2D eigenvalue weighted by atomic mass is 10.3. The highest BCUT2D eigenvalue weighted by Gasteiger charge is 2.09. The topological polar surface area (TPSA) is 66.4 Å². The van der Waals surface area contributed by atoms with Gasteiger partial charge in [-0.15, -0.1) is 0 Å². The summed E-state index contributed by atoms with van der Waals surface area (Å²) in [5, 5.41) is 6.17. The van der Waals surface area contributed by atoms with Gasteiger partial charge in [0.2, 0.25) is 5.91 Å². The standard InChI is InChI=1S/C14H22N4O2/c19-13(12-18-9-2-1-4-14(18)20)16-5-3-8-17-10-6-15-7-11-17/h1-2,4,9,15H,3,5-8,10-12H2,(H,16,19). The Kier molecular flexibility index (Phi) is 5.76. The number of nitrogens with zero attached hydrogens (tertiary/aromatic N) is 2. The Balaban J connectivity index is 1.63. The Morgan fingerprint density at radius 1 is 1.30 bits per heavy atom. The fraction of sp³-hybridized carbons (Fsp3) is 0.571. The van der Waals surface area contributed by atoms with Crippen molar-refractivity contribution in [2.75, 3.05) is 39.3 Å². The van der Waals surface area contributed by atoms with Crippen LogP contribution in [0.15, 0.2) is 29.2 Å². The quantitative estimate of drug-likeness (QED) is 0.673. The molecule has 20 heavy (non-hydrogen) atoms. The van der Waals surface area contributed by atoms with Gasteiger partial charge in [-0.3, -0.25) is 9.59 Å². The minimum Gasteiger partial charge on any atom is -0.355 e. The molecule has 2 heterocycles. The molecule has 0 aliphatic carbocycles. The number of pyridine rings is 1. The second kappa shape index (κ2) is 7.81. The third-order valence-electron chi connectivity index (χ3n) is 3.40.